The van der Waals surface area contributed by atoms with Crippen LogP contribution in [0.5, 0.6) is 5.75 Å². The van der Waals surface area contributed by atoms with Crippen LogP contribution in [0.4, 0.5) is 0 Å². The predicted octanol–water partition coefficient (Wildman–Crippen LogP) is 1.75. The van der Waals surface area contributed by atoms with Crippen molar-refractivity contribution in [2.75, 3.05) is 13.1 Å². The average Bonchev–Trinajstić information content (AvgIpc) is 3.02. The maximum absolute atomic E-state index is 12.7. The van der Waals surface area contributed by atoms with E-state index in [1.165, 1.54) is 12.1 Å². The van der Waals surface area contributed by atoms with Crippen LogP contribution in [-0.4, -0.2) is 44.5 Å². The molecule has 0 unspecified atom stereocenters. The van der Waals surface area contributed by atoms with Crippen LogP contribution in [0.3, 0.4) is 0 Å². The van der Waals surface area contributed by atoms with Gasteiger partial charge in [-0.05, 0) is 31.0 Å². The van der Waals surface area contributed by atoms with Crippen LogP contribution in [-0.2, 0) is 11.3 Å². The third kappa shape index (κ3) is 3.76. The molecule has 3 N–H and O–H groups in total. The van der Waals surface area contributed by atoms with Gasteiger partial charge >= 0.3 is 0 Å². The number of halogens is 1. The van der Waals surface area contributed by atoms with Gasteiger partial charge in [0.25, 0.3) is 5.91 Å². The summed E-state index contributed by atoms with van der Waals surface area (Å²) in [7, 11) is 0. The second-order valence-corrected chi connectivity index (χ2v) is 6.57. The number of nitrogens with two attached hydrogens (primary N) is 1. The van der Waals surface area contributed by atoms with E-state index in [9.17, 15) is 14.7 Å². The number of benzene rings is 1. The summed E-state index contributed by atoms with van der Waals surface area (Å²) >= 11 is 5.82. The molecule has 1 saturated heterocycles. The first-order valence-corrected chi connectivity index (χ1v) is 8.40. The van der Waals surface area contributed by atoms with Crippen LogP contribution in [0.2, 0.25) is 5.02 Å². The fourth-order valence-electron chi connectivity index (χ4n) is 3.21. The van der Waals surface area contributed by atoms with Gasteiger partial charge in [-0.1, -0.05) is 11.6 Å². The van der Waals surface area contributed by atoms with E-state index in [4.69, 9.17) is 17.3 Å². The van der Waals surface area contributed by atoms with Crippen molar-refractivity contribution in [3.05, 3.63) is 47.0 Å². The van der Waals surface area contributed by atoms with Gasteiger partial charge in [0.15, 0.2) is 0 Å². The molecule has 132 valence electrons. The van der Waals surface area contributed by atoms with Crippen LogP contribution < -0.4 is 5.73 Å². The number of hydrogen-bond donors (Lipinski definition) is 2. The molecule has 1 aliphatic heterocycles. The van der Waals surface area contributed by atoms with Gasteiger partial charge in [-0.2, -0.15) is 0 Å². The number of imidazole rings is 1. The Kier molecular flexibility index (Phi) is 4.94. The minimum absolute atomic E-state index is 0.0153. The van der Waals surface area contributed by atoms with Gasteiger partial charge < -0.3 is 20.3 Å². The molecule has 1 aliphatic rings. The van der Waals surface area contributed by atoms with Crippen molar-refractivity contribution in [3.63, 3.8) is 0 Å². The number of aromatic hydroxyl groups is 1. The molecule has 0 saturated carbocycles. The van der Waals surface area contributed by atoms with Crippen molar-refractivity contribution in [3.8, 4) is 5.75 Å². The molecule has 2 heterocycles. The van der Waals surface area contributed by atoms with E-state index in [1.807, 2.05) is 0 Å². The normalized spacial score (nSPS) is 17.5. The van der Waals surface area contributed by atoms with Gasteiger partial charge in [0.2, 0.25) is 5.91 Å². The quantitative estimate of drug-likeness (QED) is 0.864. The van der Waals surface area contributed by atoms with Crippen molar-refractivity contribution >= 4 is 23.4 Å². The van der Waals surface area contributed by atoms with Gasteiger partial charge in [-0.25, -0.2) is 4.98 Å². The molecule has 7 nitrogen and oxygen atoms in total. The highest BCUT2D eigenvalue weighted by Crippen LogP contribution is 2.29. The topological polar surface area (TPSA) is 101 Å². The zero-order valence-corrected chi connectivity index (χ0v) is 14.3. The lowest BCUT2D eigenvalue weighted by atomic mass is 9.96. The Balaban J connectivity index is 1.78. The molecular formula is C17H19ClN4O3. The van der Waals surface area contributed by atoms with E-state index in [-0.39, 0.29) is 29.7 Å². The smallest absolute Gasteiger partial charge is 0.257 e. The standard InChI is InChI=1S/C17H19ClN4O3/c18-12-3-4-13(14(23)8-12)17(25)22-6-1-2-11(9-22)16-20-5-7-21(16)10-15(19)24/h3-5,7-8,11,23H,1-2,6,9-10H2,(H2,19,24)/t11-/m1/s1. The Bertz CT molecular complexity index is 805. The molecule has 0 aliphatic carbocycles. The van der Waals surface area contributed by atoms with Crippen molar-refractivity contribution in [2.45, 2.75) is 25.3 Å². The highest BCUT2D eigenvalue weighted by Gasteiger charge is 2.29. The molecule has 2 amide bonds. The minimum atomic E-state index is -0.436. The SMILES string of the molecule is NC(=O)Cn1ccnc1[C@@H]1CCCN(C(=O)c2ccc(Cl)cc2O)C1. The number of rotatable bonds is 4. The third-order valence-electron chi connectivity index (χ3n) is 4.34. The first-order chi connectivity index (χ1) is 12.0. The summed E-state index contributed by atoms with van der Waals surface area (Å²) in [5.41, 5.74) is 5.50. The number of nitrogens with zero attached hydrogens (tertiary/aromatic N) is 3. The molecule has 8 heteroatoms. The first kappa shape index (κ1) is 17.3. The molecule has 1 fully saturated rings. The first-order valence-electron chi connectivity index (χ1n) is 8.03. The molecule has 1 aromatic heterocycles. The van der Waals surface area contributed by atoms with Gasteiger partial charge in [0, 0.05) is 36.4 Å². The zero-order chi connectivity index (χ0) is 18.0. The number of aromatic nitrogens is 2. The maximum atomic E-state index is 12.7. The summed E-state index contributed by atoms with van der Waals surface area (Å²) in [6.07, 6.45) is 5.02. The van der Waals surface area contributed by atoms with Gasteiger partial charge in [0.05, 0.1) is 5.56 Å². The molecule has 0 bridgehead atoms. The van der Waals surface area contributed by atoms with E-state index >= 15 is 0 Å². The molecule has 1 atom stereocenters. The fraction of sp³-hybridized carbons (Fsp3) is 0.353. The van der Waals surface area contributed by atoms with Crippen LogP contribution in [0.25, 0.3) is 0 Å². The van der Waals surface area contributed by atoms with E-state index < -0.39 is 5.91 Å². The lowest BCUT2D eigenvalue weighted by molar-refractivity contribution is -0.118. The second kappa shape index (κ2) is 7.14. The van der Waals surface area contributed by atoms with Crippen LogP contribution in [0.15, 0.2) is 30.6 Å². The van der Waals surface area contributed by atoms with E-state index in [0.29, 0.717) is 18.1 Å². The number of carbonyl (C=O) groups is 2. The number of carbonyl (C=O) groups excluding carboxylic acids is 2. The van der Waals surface area contributed by atoms with Gasteiger partial charge in [0.1, 0.15) is 18.1 Å². The Hall–Kier alpha value is -2.54. The minimum Gasteiger partial charge on any atom is -0.507 e. The summed E-state index contributed by atoms with van der Waals surface area (Å²) in [5, 5.41) is 10.4. The van der Waals surface area contributed by atoms with E-state index in [2.05, 4.69) is 4.98 Å². The Labute approximate surface area is 150 Å². The summed E-state index contributed by atoms with van der Waals surface area (Å²) in [4.78, 5) is 30.0. The summed E-state index contributed by atoms with van der Waals surface area (Å²) in [6, 6.07) is 4.46. The fourth-order valence-corrected chi connectivity index (χ4v) is 3.38. The van der Waals surface area contributed by atoms with Crippen molar-refractivity contribution in [1.29, 1.82) is 0 Å². The molecule has 25 heavy (non-hydrogen) atoms. The lowest BCUT2D eigenvalue weighted by Gasteiger charge is -2.32. The highest BCUT2D eigenvalue weighted by atomic mass is 35.5. The van der Waals surface area contributed by atoms with Gasteiger partial charge in [-0.3, -0.25) is 9.59 Å². The van der Waals surface area contributed by atoms with Gasteiger partial charge in [-0.15, -0.1) is 0 Å². The number of phenols is 1. The maximum Gasteiger partial charge on any atom is 0.257 e. The highest BCUT2D eigenvalue weighted by molar-refractivity contribution is 6.30. The van der Waals surface area contributed by atoms with Crippen LogP contribution in [0, 0.1) is 0 Å². The second-order valence-electron chi connectivity index (χ2n) is 6.13. The summed E-state index contributed by atoms with van der Waals surface area (Å²) in [5.74, 6) is -0.0473. The summed E-state index contributed by atoms with van der Waals surface area (Å²) in [6.45, 7) is 1.14. The van der Waals surface area contributed by atoms with Crippen LogP contribution in [0.1, 0.15) is 34.9 Å². The van der Waals surface area contributed by atoms with Crippen LogP contribution >= 0.6 is 11.6 Å². The number of likely N-dealkylation sites (tertiary alicyclic amines) is 1. The van der Waals surface area contributed by atoms with E-state index in [1.54, 1.807) is 27.9 Å². The number of amides is 2. The number of primary amides is 1. The molecule has 3 rings (SSSR count). The van der Waals surface area contributed by atoms with E-state index in [0.717, 1.165) is 18.7 Å². The van der Waals surface area contributed by atoms with Crippen molar-refractivity contribution in [2.24, 2.45) is 5.73 Å². The number of phenolic OH excluding ortho intramolecular Hbond substituents is 1. The molecule has 1 aromatic carbocycles. The van der Waals surface area contributed by atoms with Crippen molar-refractivity contribution in [1.82, 2.24) is 14.5 Å². The Morgan fingerprint density at radius 2 is 2.20 bits per heavy atom. The molecule has 2 aromatic rings. The van der Waals surface area contributed by atoms with Crippen molar-refractivity contribution < 1.29 is 14.7 Å². The third-order valence-corrected chi connectivity index (χ3v) is 4.57. The largest absolute Gasteiger partial charge is 0.507 e. The lowest BCUT2D eigenvalue weighted by Crippen LogP contribution is -2.40. The number of piperidine rings is 1. The monoisotopic (exact) mass is 362 g/mol. The number of hydrogen-bond acceptors (Lipinski definition) is 4. The molecular weight excluding hydrogens is 344 g/mol. The molecule has 0 radical (unpaired) electrons. The predicted molar refractivity (Wildman–Crippen MR) is 92.4 cm³/mol. The summed E-state index contributed by atoms with van der Waals surface area (Å²) < 4.78 is 1.72. The zero-order valence-electron chi connectivity index (χ0n) is 13.6. The Morgan fingerprint density at radius 1 is 1.40 bits per heavy atom. The Morgan fingerprint density at radius 3 is 2.92 bits per heavy atom. The average molecular weight is 363 g/mol. The molecule has 0 spiro atoms.